The van der Waals surface area contributed by atoms with Crippen molar-refractivity contribution in [3.63, 3.8) is 0 Å². The molecule has 100 valence electrons. The van der Waals surface area contributed by atoms with Crippen molar-refractivity contribution < 1.29 is 4.79 Å². The maximum atomic E-state index is 11.9. The van der Waals surface area contributed by atoms with Crippen molar-refractivity contribution in [3.8, 4) is 6.07 Å². The van der Waals surface area contributed by atoms with E-state index in [0.717, 1.165) is 12.1 Å². The molecule has 0 aliphatic heterocycles. The molecule has 19 heavy (non-hydrogen) atoms. The molecule has 0 aromatic heterocycles. The highest BCUT2D eigenvalue weighted by Crippen LogP contribution is 2.36. The number of benzene rings is 1. The second-order valence-electron chi connectivity index (χ2n) is 5.78. The third-order valence-corrected chi connectivity index (χ3v) is 3.97. The van der Waals surface area contributed by atoms with Crippen molar-refractivity contribution in [1.29, 1.82) is 5.26 Å². The third kappa shape index (κ3) is 3.82. The normalized spacial score (nSPS) is 16.8. The van der Waals surface area contributed by atoms with Gasteiger partial charge in [0.1, 0.15) is 0 Å². The Labute approximate surface area is 114 Å². The van der Waals surface area contributed by atoms with Crippen LogP contribution in [0.5, 0.6) is 0 Å². The quantitative estimate of drug-likeness (QED) is 0.900. The smallest absolute Gasteiger partial charge is 0.224 e. The Balaban J connectivity index is 1.82. The van der Waals surface area contributed by atoms with Crippen LogP contribution in [-0.2, 0) is 11.2 Å². The van der Waals surface area contributed by atoms with E-state index in [-0.39, 0.29) is 5.91 Å². The van der Waals surface area contributed by atoms with Crippen molar-refractivity contribution >= 4 is 5.91 Å². The third-order valence-electron chi connectivity index (χ3n) is 3.97. The van der Waals surface area contributed by atoms with Gasteiger partial charge in [-0.05, 0) is 36.0 Å². The van der Waals surface area contributed by atoms with E-state index in [1.54, 1.807) is 12.1 Å². The molecule has 3 heteroatoms. The summed E-state index contributed by atoms with van der Waals surface area (Å²) in [6, 6.07) is 9.26. The zero-order valence-corrected chi connectivity index (χ0v) is 11.4. The molecule has 0 atom stereocenters. The standard InChI is InChI=1S/C16H20N2O/c1-16(8-2-3-9-16)12-18-15(19)10-13-4-6-14(11-17)7-5-13/h4-7H,2-3,8-10,12H2,1H3,(H,18,19). The van der Waals surface area contributed by atoms with Crippen LogP contribution in [0.3, 0.4) is 0 Å². The molecule has 0 unspecified atom stereocenters. The van der Waals surface area contributed by atoms with Gasteiger partial charge in [-0.1, -0.05) is 31.9 Å². The molecule has 1 saturated carbocycles. The zero-order chi connectivity index (χ0) is 13.7. The van der Waals surface area contributed by atoms with Crippen LogP contribution >= 0.6 is 0 Å². The Kier molecular flexibility index (Phi) is 4.21. The van der Waals surface area contributed by atoms with Crippen LogP contribution in [0.15, 0.2) is 24.3 Å². The van der Waals surface area contributed by atoms with Gasteiger partial charge in [-0.15, -0.1) is 0 Å². The maximum Gasteiger partial charge on any atom is 0.224 e. The summed E-state index contributed by atoms with van der Waals surface area (Å²) in [4.78, 5) is 11.9. The van der Waals surface area contributed by atoms with Gasteiger partial charge in [0.15, 0.2) is 0 Å². The number of nitriles is 1. The van der Waals surface area contributed by atoms with E-state index in [1.165, 1.54) is 25.7 Å². The largest absolute Gasteiger partial charge is 0.355 e. The number of rotatable bonds is 4. The molecule has 3 nitrogen and oxygen atoms in total. The van der Waals surface area contributed by atoms with Crippen LogP contribution in [0.4, 0.5) is 0 Å². The van der Waals surface area contributed by atoms with E-state index < -0.39 is 0 Å². The minimum atomic E-state index is 0.0674. The van der Waals surface area contributed by atoms with Crippen LogP contribution in [-0.4, -0.2) is 12.5 Å². The number of carbonyl (C=O) groups excluding carboxylic acids is 1. The lowest BCUT2D eigenvalue weighted by Crippen LogP contribution is -2.34. The predicted molar refractivity (Wildman–Crippen MR) is 74.4 cm³/mol. The van der Waals surface area contributed by atoms with Crippen LogP contribution < -0.4 is 5.32 Å². The molecule has 1 aromatic carbocycles. The van der Waals surface area contributed by atoms with E-state index in [2.05, 4.69) is 18.3 Å². The first-order chi connectivity index (χ1) is 9.11. The van der Waals surface area contributed by atoms with Gasteiger partial charge in [0.2, 0.25) is 5.91 Å². The van der Waals surface area contributed by atoms with E-state index >= 15 is 0 Å². The van der Waals surface area contributed by atoms with Crippen LogP contribution in [0.25, 0.3) is 0 Å². The number of nitrogens with one attached hydrogen (secondary N) is 1. The van der Waals surface area contributed by atoms with Gasteiger partial charge in [0.25, 0.3) is 0 Å². The highest BCUT2D eigenvalue weighted by molar-refractivity contribution is 5.78. The molecule has 0 saturated heterocycles. The molecule has 1 aliphatic carbocycles. The van der Waals surface area contributed by atoms with Gasteiger partial charge in [0, 0.05) is 6.54 Å². The summed E-state index contributed by atoms with van der Waals surface area (Å²) in [6.07, 6.45) is 5.38. The molecule has 1 N–H and O–H groups in total. The molecule has 0 spiro atoms. The molecule has 0 bridgehead atoms. The van der Waals surface area contributed by atoms with Gasteiger partial charge >= 0.3 is 0 Å². The highest BCUT2D eigenvalue weighted by Gasteiger charge is 2.28. The second kappa shape index (κ2) is 5.88. The highest BCUT2D eigenvalue weighted by atomic mass is 16.1. The van der Waals surface area contributed by atoms with E-state index in [9.17, 15) is 4.79 Å². The SMILES string of the molecule is CC1(CNC(=O)Cc2ccc(C#N)cc2)CCCC1. The summed E-state index contributed by atoms with van der Waals surface area (Å²) in [5.41, 5.74) is 1.87. The summed E-state index contributed by atoms with van der Waals surface area (Å²) in [6.45, 7) is 3.03. The predicted octanol–water partition coefficient (Wildman–Crippen LogP) is 2.80. The lowest BCUT2D eigenvalue weighted by atomic mass is 9.89. The minimum Gasteiger partial charge on any atom is -0.355 e. The molecular weight excluding hydrogens is 236 g/mol. The van der Waals surface area contributed by atoms with Crippen molar-refractivity contribution in [1.82, 2.24) is 5.32 Å². The van der Waals surface area contributed by atoms with Crippen LogP contribution in [0, 0.1) is 16.7 Å². The minimum absolute atomic E-state index is 0.0674. The molecule has 2 rings (SSSR count). The topological polar surface area (TPSA) is 52.9 Å². The average molecular weight is 256 g/mol. The lowest BCUT2D eigenvalue weighted by Gasteiger charge is -2.23. The molecular formula is C16H20N2O. The summed E-state index contributed by atoms with van der Waals surface area (Å²) in [7, 11) is 0. The molecule has 0 radical (unpaired) electrons. The summed E-state index contributed by atoms with van der Waals surface area (Å²) >= 11 is 0. The summed E-state index contributed by atoms with van der Waals surface area (Å²) in [5.74, 6) is 0.0674. The first-order valence-corrected chi connectivity index (χ1v) is 6.87. The first-order valence-electron chi connectivity index (χ1n) is 6.87. The second-order valence-corrected chi connectivity index (χ2v) is 5.78. The average Bonchev–Trinajstić information content (AvgIpc) is 2.85. The Morgan fingerprint density at radius 3 is 2.53 bits per heavy atom. The Morgan fingerprint density at radius 2 is 1.95 bits per heavy atom. The fraction of sp³-hybridized carbons (Fsp3) is 0.500. The fourth-order valence-electron chi connectivity index (χ4n) is 2.66. The summed E-state index contributed by atoms with van der Waals surface area (Å²) in [5, 5.41) is 11.8. The number of hydrogen-bond acceptors (Lipinski definition) is 2. The summed E-state index contributed by atoms with van der Waals surface area (Å²) < 4.78 is 0. The fourth-order valence-corrected chi connectivity index (χ4v) is 2.66. The van der Waals surface area contributed by atoms with Crippen LogP contribution in [0.2, 0.25) is 0 Å². The molecule has 1 amide bonds. The lowest BCUT2D eigenvalue weighted by molar-refractivity contribution is -0.120. The number of carbonyl (C=O) groups is 1. The monoisotopic (exact) mass is 256 g/mol. The molecule has 1 aromatic rings. The van der Waals surface area contributed by atoms with Gasteiger partial charge < -0.3 is 5.32 Å². The number of nitrogens with zero attached hydrogens (tertiary/aromatic N) is 1. The molecule has 1 aliphatic rings. The zero-order valence-electron chi connectivity index (χ0n) is 11.4. The Bertz CT molecular complexity index is 478. The maximum absolute atomic E-state index is 11.9. The number of amides is 1. The van der Waals surface area contributed by atoms with Crippen molar-refractivity contribution in [2.75, 3.05) is 6.54 Å². The van der Waals surface area contributed by atoms with Gasteiger partial charge in [-0.3, -0.25) is 4.79 Å². The van der Waals surface area contributed by atoms with E-state index in [4.69, 9.17) is 5.26 Å². The number of hydrogen-bond donors (Lipinski definition) is 1. The van der Waals surface area contributed by atoms with Gasteiger partial charge in [0.05, 0.1) is 18.1 Å². The van der Waals surface area contributed by atoms with Gasteiger partial charge in [-0.25, -0.2) is 0 Å². The first kappa shape index (κ1) is 13.6. The van der Waals surface area contributed by atoms with E-state index in [1.807, 2.05) is 12.1 Å². The van der Waals surface area contributed by atoms with Crippen molar-refractivity contribution in [2.24, 2.45) is 5.41 Å². The molecule has 0 heterocycles. The molecule has 1 fully saturated rings. The van der Waals surface area contributed by atoms with Crippen molar-refractivity contribution in [2.45, 2.75) is 39.0 Å². The Hall–Kier alpha value is -1.82. The van der Waals surface area contributed by atoms with Gasteiger partial charge in [-0.2, -0.15) is 5.26 Å². The van der Waals surface area contributed by atoms with Crippen molar-refractivity contribution in [3.05, 3.63) is 35.4 Å². The van der Waals surface area contributed by atoms with Crippen LogP contribution in [0.1, 0.15) is 43.7 Å². The van der Waals surface area contributed by atoms with E-state index in [0.29, 0.717) is 17.4 Å². The Morgan fingerprint density at radius 1 is 1.32 bits per heavy atom.